The standard InChI is InChI=1S/C13H19NO2/c1-10(9-13(2,3)4)7-8-14-11(15)5-6-12(14)16/h5-6,8,10H,2,7,9H2,1,3-4H3. The minimum Gasteiger partial charge on any atom is -0.270 e. The fraction of sp³-hybridized carbons (Fsp3) is 0.538. The summed E-state index contributed by atoms with van der Waals surface area (Å²) in [5.74, 6) is -0.0779. The topological polar surface area (TPSA) is 37.4 Å². The molecule has 3 heteroatoms. The lowest BCUT2D eigenvalue weighted by Gasteiger charge is -2.24. The molecule has 88 valence electrons. The third-order valence-corrected chi connectivity index (χ3v) is 2.43. The van der Waals surface area contributed by atoms with Crippen LogP contribution in [0.15, 0.2) is 12.2 Å². The molecule has 0 aliphatic carbocycles. The number of carbonyl (C=O) groups is 2. The fourth-order valence-electron chi connectivity index (χ4n) is 1.90. The Morgan fingerprint density at radius 2 is 1.88 bits per heavy atom. The van der Waals surface area contributed by atoms with Gasteiger partial charge < -0.3 is 0 Å². The second kappa shape index (κ2) is 4.81. The Morgan fingerprint density at radius 3 is 2.31 bits per heavy atom. The molecule has 1 rings (SSSR count). The first-order valence-corrected chi connectivity index (χ1v) is 5.53. The van der Waals surface area contributed by atoms with Crippen molar-refractivity contribution in [2.75, 3.05) is 0 Å². The first-order valence-electron chi connectivity index (χ1n) is 5.53. The number of amides is 2. The first-order chi connectivity index (χ1) is 7.29. The van der Waals surface area contributed by atoms with E-state index in [1.165, 1.54) is 17.1 Å². The Kier molecular flexibility index (Phi) is 3.89. The third kappa shape index (κ3) is 3.80. The lowest BCUT2D eigenvalue weighted by Crippen LogP contribution is -2.28. The highest BCUT2D eigenvalue weighted by molar-refractivity contribution is 6.13. The van der Waals surface area contributed by atoms with Crippen LogP contribution in [0.5, 0.6) is 0 Å². The van der Waals surface area contributed by atoms with E-state index in [-0.39, 0.29) is 17.2 Å². The van der Waals surface area contributed by atoms with E-state index in [4.69, 9.17) is 0 Å². The molecule has 0 saturated heterocycles. The summed E-state index contributed by atoms with van der Waals surface area (Å²) in [5, 5.41) is 0. The molecule has 1 atom stereocenters. The van der Waals surface area contributed by atoms with Gasteiger partial charge in [0.15, 0.2) is 0 Å². The van der Waals surface area contributed by atoms with E-state index in [9.17, 15) is 9.59 Å². The molecule has 0 bridgehead atoms. The van der Waals surface area contributed by atoms with E-state index in [0.29, 0.717) is 5.92 Å². The maximum atomic E-state index is 11.3. The lowest BCUT2D eigenvalue weighted by molar-refractivity contribution is -0.135. The Labute approximate surface area is 97.5 Å². The zero-order chi connectivity index (χ0) is 12.3. The quantitative estimate of drug-likeness (QED) is 0.668. The second-order valence-electron chi connectivity index (χ2n) is 5.27. The van der Waals surface area contributed by atoms with Gasteiger partial charge in [0.1, 0.15) is 0 Å². The molecular formula is C13H19NO2. The van der Waals surface area contributed by atoms with Crippen LogP contribution < -0.4 is 0 Å². The second-order valence-corrected chi connectivity index (χ2v) is 5.27. The van der Waals surface area contributed by atoms with Crippen LogP contribution in [0.1, 0.15) is 33.6 Å². The molecule has 0 spiro atoms. The van der Waals surface area contributed by atoms with Crippen LogP contribution in [-0.2, 0) is 9.59 Å². The predicted octanol–water partition coefficient (Wildman–Crippen LogP) is 2.35. The molecule has 0 aromatic heterocycles. The summed E-state index contributed by atoms with van der Waals surface area (Å²) in [7, 11) is 0. The smallest absolute Gasteiger partial charge is 0.253 e. The molecular weight excluding hydrogens is 202 g/mol. The number of hydrogen-bond acceptors (Lipinski definition) is 2. The maximum absolute atomic E-state index is 11.3. The summed E-state index contributed by atoms with van der Waals surface area (Å²) in [6.07, 6.45) is 4.29. The van der Waals surface area contributed by atoms with Gasteiger partial charge in [-0.2, -0.15) is 0 Å². The van der Waals surface area contributed by atoms with Gasteiger partial charge in [-0.05, 0) is 31.1 Å². The van der Waals surface area contributed by atoms with Crippen LogP contribution >= 0.6 is 0 Å². The third-order valence-electron chi connectivity index (χ3n) is 2.43. The fourth-order valence-corrected chi connectivity index (χ4v) is 1.90. The number of rotatable bonds is 5. The summed E-state index contributed by atoms with van der Waals surface area (Å²) in [5.41, 5.74) is 0.0323. The Hall–Kier alpha value is -1.12. The summed E-state index contributed by atoms with van der Waals surface area (Å²) in [6.45, 7) is 12.0. The maximum Gasteiger partial charge on any atom is 0.253 e. The molecule has 0 fully saturated rings. The van der Waals surface area contributed by atoms with E-state index in [1.807, 2.05) is 0 Å². The van der Waals surface area contributed by atoms with Gasteiger partial charge in [0.05, 0.1) is 6.54 Å². The van der Waals surface area contributed by atoms with Gasteiger partial charge in [-0.15, -0.1) is 0 Å². The van der Waals surface area contributed by atoms with Gasteiger partial charge in [0.2, 0.25) is 0 Å². The van der Waals surface area contributed by atoms with Gasteiger partial charge in [-0.25, -0.2) is 0 Å². The minimum atomic E-state index is -0.244. The zero-order valence-electron chi connectivity index (χ0n) is 10.2. The van der Waals surface area contributed by atoms with E-state index in [0.717, 1.165) is 12.8 Å². The summed E-state index contributed by atoms with van der Waals surface area (Å²) < 4.78 is 0. The summed E-state index contributed by atoms with van der Waals surface area (Å²) >= 11 is 0. The van der Waals surface area contributed by atoms with Crippen LogP contribution in [0.2, 0.25) is 0 Å². The van der Waals surface area contributed by atoms with Crippen LogP contribution in [0.3, 0.4) is 0 Å². The zero-order valence-corrected chi connectivity index (χ0v) is 10.2. The highest BCUT2D eigenvalue weighted by atomic mass is 16.2. The van der Waals surface area contributed by atoms with Gasteiger partial charge in [0, 0.05) is 12.2 Å². The molecule has 1 unspecified atom stereocenters. The Morgan fingerprint density at radius 1 is 1.38 bits per heavy atom. The van der Waals surface area contributed by atoms with Crippen molar-refractivity contribution in [3.8, 4) is 0 Å². The van der Waals surface area contributed by atoms with Crippen molar-refractivity contribution in [1.29, 1.82) is 0 Å². The van der Waals surface area contributed by atoms with Crippen LogP contribution in [-0.4, -0.2) is 16.7 Å². The van der Waals surface area contributed by atoms with Crippen molar-refractivity contribution >= 4 is 11.8 Å². The van der Waals surface area contributed by atoms with Gasteiger partial charge >= 0.3 is 0 Å². The molecule has 16 heavy (non-hydrogen) atoms. The van der Waals surface area contributed by atoms with E-state index in [1.54, 1.807) is 6.54 Å². The van der Waals surface area contributed by atoms with Crippen molar-refractivity contribution in [1.82, 2.24) is 4.90 Å². The molecule has 0 aromatic rings. The predicted molar refractivity (Wildman–Crippen MR) is 62.8 cm³/mol. The SMILES string of the molecule is [CH2]C(C)(C)CC(C)C[CH]N1C(=O)C=CC1=O. The number of nitrogens with zero attached hydrogens (tertiary/aromatic N) is 1. The Bertz CT molecular complexity index is 294. The molecule has 1 aliphatic heterocycles. The molecule has 1 aliphatic rings. The number of carbonyl (C=O) groups excluding carboxylic acids is 2. The molecule has 0 N–H and O–H groups in total. The highest BCUT2D eigenvalue weighted by Gasteiger charge is 2.24. The van der Waals surface area contributed by atoms with Crippen molar-refractivity contribution < 1.29 is 9.59 Å². The first kappa shape index (κ1) is 12.9. The largest absolute Gasteiger partial charge is 0.270 e. The van der Waals surface area contributed by atoms with Crippen molar-refractivity contribution in [2.45, 2.75) is 33.6 Å². The highest BCUT2D eigenvalue weighted by Crippen LogP contribution is 2.26. The lowest BCUT2D eigenvalue weighted by atomic mass is 9.84. The van der Waals surface area contributed by atoms with E-state index >= 15 is 0 Å². The summed E-state index contributed by atoms with van der Waals surface area (Å²) in [6, 6.07) is 0. The van der Waals surface area contributed by atoms with E-state index < -0.39 is 0 Å². The molecule has 2 amide bonds. The van der Waals surface area contributed by atoms with Gasteiger partial charge in [-0.3, -0.25) is 14.5 Å². The van der Waals surface area contributed by atoms with Gasteiger partial charge in [-0.1, -0.05) is 20.8 Å². The average Bonchev–Trinajstić information content (AvgIpc) is 2.41. The van der Waals surface area contributed by atoms with Crippen LogP contribution in [0, 0.1) is 24.8 Å². The molecule has 2 radical (unpaired) electrons. The van der Waals surface area contributed by atoms with Crippen molar-refractivity contribution in [2.24, 2.45) is 11.3 Å². The molecule has 1 heterocycles. The Balaban J connectivity index is 2.35. The van der Waals surface area contributed by atoms with E-state index in [2.05, 4.69) is 27.7 Å². The molecule has 0 saturated carbocycles. The summed E-state index contributed by atoms with van der Waals surface area (Å²) in [4.78, 5) is 23.7. The average molecular weight is 221 g/mol. The molecule has 0 aromatic carbocycles. The molecule has 3 nitrogen and oxygen atoms in total. The van der Waals surface area contributed by atoms with Crippen molar-refractivity contribution in [3.63, 3.8) is 0 Å². The number of imide groups is 1. The number of hydrogen-bond donors (Lipinski definition) is 0. The monoisotopic (exact) mass is 221 g/mol. The minimum absolute atomic E-state index is 0.0323. The van der Waals surface area contributed by atoms with Crippen molar-refractivity contribution in [3.05, 3.63) is 25.6 Å². The normalized spacial score (nSPS) is 18.4. The van der Waals surface area contributed by atoms with Crippen LogP contribution in [0.4, 0.5) is 0 Å². The van der Waals surface area contributed by atoms with Gasteiger partial charge in [0.25, 0.3) is 11.8 Å². The van der Waals surface area contributed by atoms with Crippen LogP contribution in [0.25, 0.3) is 0 Å².